The summed E-state index contributed by atoms with van der Waals surface area (Å²) in [7, 11) is 1.66. The van der Waals surface area contributed by atoms with E-state index in [1.165, 1.54) is 15.3 Å². The smallest absolute Gasteiger partial charge is 0.161 e. The van der Waals surface area contributed by atoms with Gasteiger partial charge in [-0.05, 0) is 37.6 Å². The molecule has 102 valence electrons. The van der Waals surface area contributed by atoms with E-state index in [0.29, 0.717) is 13.2 Å². The predicted octanol–water partition coefficient (Wildman–Crippen LogP) is 3.41. The van der Waals surface area contributed by atoms with Gasteiger partial charge in [0.2, 0.25) is 0 Å². The molecule has 2 aromatic rings. The highest BCUT2D eigenvalue weighted by molar-refractivity contribution is 7.12. The molecule has 0 spiro atoms. The van der Waals surface area contributed by atoms with Crippen LogP contribution in [0.4, 0.5) is 0 Å². The van der Waals surface area contributed by atoms with Crippen LogP contribution in [0.3, 0.4) is 0 Å². The lowest BCUT2D eigenvalue weighted by Crippen LogP contribution is -1.98. The molecule has 4 heteroatoms. The molecule has 0 fully saturated rings. The van der Waals surface area contributed by atoms with E-state index in [9.17, 15) is 0 Å². The maximum Gasteiger partial charge on any atom is 0.161 e. The summed E-state index contributed by atoms with van der Waals surface area (Å²) in [5.41, 5.74) is 7.99. The molecule has 0 aliphatic heterocycles. The highest BCUT2D eigenvalue weighted by Gasteiger charge is 2.08. The van der Waals surface area contributed by atoms with Gasteiger partial charge in [-0.1, -0.05) is 6.07 Å². The van der Waals surface area contributed by atoms with Crippen LogP contribution >= 0.6 is 11.3 Å². The molecule has 2 N–H and O–H groups in total. The van der Waals surface area contributed by atoms with E-state index >= 15 is 0 Å². The average molecular weight is 277 g/mol. The van der Waals surface area contributed by atoms with Crippen LogP contribution < -0.4 is 15.2 Å². The van der Waals surface area contributed by atoms with Crippen molar-refractivity contribution >= 4 is 11.3 Å². The second kappa shape index (κ2) is 6.08. The third kappa shape index (κ3) is 3.28. The summed E-state index contributed by atoms with van der Waals surface area (Å²) >= 11 is 1.73. The minimum Gasteiger partial charge on any atom is -0.493 e. The zero-order chi connectivity index (χ0) is 13.8. The van der Waals surface area contributed by atoms with Gasteiger partial charge < -0.3 is 15.2 Å². The Kier molecular flexibility index (Phi) is 4.45. The standard InChI is InChI=1S/C15H19NO2S/c1-10-4-5-14(15(6-10)17-3)18-9-12-7-13(8-16)19-11(12)2/h4-7H,8-9,16H2,1-3H3. The van der Waals surface area contributed by atoms with Crippen molar-refractivity contribution in [1.82, 2.24) is 0 Å². The molecule has 0 saturated heterocycles. The number of rotatable bonds is 5. The lowest BCUT2D eigenvalue weighted by Gasteiger charge is -2.11. The molecule has 3 nitrogen and oxygen atoms in total. The van der Waals surface area contributed by atoms with Crippen LogP contribution in [0.1, 0.15) is 20.9 Å². The first-order valence-electron chi connectivity index (χ1n) is 6.19. The van der Waals surface area contributed by atoms with E-state index in [1.54, 1.807) is 18.4 Å². The number of aryl methyl sites for hydroxylation is 2. The maximum absolute atomic E-state index is 5.85. The highest BCUT2D eigenvalue weighted by atomic mass is 32.1. The van der Waals surface area contributed by atoms with Crippen LogP contribution in [-0.2, 0) is 13.2 Å². The number of ether oxygens (including phenoxy) is 2. The third-order valence-corrected chi connectivity index (χ3v) is 4.09. The summed E-state index contributed by atoms with van der Waals surface area (Å²) in [4.78, 5) is 2.44. The fraction of sp³-hybridized carbons (Fsp3) is 0.333. The number of hydrogen-bond donors (Lipinski definition) is 1. The predicted molar refractivity (Wildman–Crippen MR) is 79.0 cm³/mol. The van der Waals surface area contributed by atoms with Crippen molar-refractivity contribution in [3.63, 3.8) is 0 Å². The van der Waals surface area contributed by atoms with E-state index < -0.39 is 0 Å². The van der Waals surface area contributed by atoms with Gasteiger partial charge >= 0.3 is 0 Å². The molecule has 2 rings (SSSR count). The van der Waals surface area contributed by atoms with E-state index in [-0.39, 0.29) is 0 Å². The van der Waals surface area contributed by atoms with Crippen molar-refractivity contribution in [1.29, 1.82) is 0 Å². The Hall–Kier alpha value is -1.52. The van der Waals surface area contributed by atoms with Crippen LogP contribution in [-0.4, -0.2) is 7.11 Å². The Balaban J connectivity index is 2.11. The van der Waals surface area contributed by atoms with E-state index in [0.717, 1.165) is 17.1 Å². The van der Waals surface area contributed by atoms with Crippen molar-refractivity contribution in [3.8, 4) is 11.5 Å². The summed E-state index contributed by atoms with van der Waals surface area (Å²) in [5, 5.41) is 0. The first-order chi connectivity index (χ1) is 9.13. The van der Waals surface area contributed by atoms with Crippen LogP contribution in [0.15, 0.2) is 24.3 Å². The van der Waals surface area contributed by atoms with Gasteiger partial charge in [0.15, 0.2) is 11.5 Å². The molecule has 0 aliphatic carbocycles. The van der Waals surface area contributed by atoms with Crippen molar-refractivity contribution < 1.29 is 9.47 Å². The van der Waals surface area contributed by atoms with Gasteiger partial charge in [0.05, 0.1) is 7.11 Å². The second-order valence-corrected chi connectivity index (χ2v) is 5.78. The van der Waals surface area contributed by atoms with Crippen LogP contribution in [0, 0.1) is 13.8 Å². The third-order valence-electron chi connectivity index (χ3n) is 2.98. The molecular weight excluding hydrogens is 258 g/mol. The van der Waals surface area contributed by atoms with Crippen LogP contribution in [0.2, 0.25) is 0 Å². The Labute approximate surface area is 118 Å². The van der Waals surface area contributed by atoms with Gasteiger partial charge in [0, 0.05) is 21.9 Å². The summed E-state index contributed by atoms with van der Waals surface area (Å²) in [6.07, 6.45) is 0. The van der Waals surface area contributed by atoms with Crippen molar-refractivity contribution in [3.05, 3.63) is 45.1 Å². The van der Waals surface area contributed by atoms with Gasteiger partial charge in [0.25, 0.3) is 0 Å². The summed E-state index contributed by atoms with van der Waals surface area (Å²) < 4.78 is 11.2. The molecule has 0 atom stereocenters. The number of methoxy groups -OCH3 is 1. The Bertz CT molecular complexity index is 563. The SMILES string of the molecule is COc1cc(C)ccc1OCc1cc(CN)sc1C. The van der Waals surface area contributed by atoms with Crippen molar-refractivity contribution in [2.24, 2.45) is 5.73 Å². The topological polar surface area (TPSA) is 44.5 Å². The van der Waals surface area contributed by atoms with Gasteiger partial charge in [-0.2, -0.15) is 0 Å². The molecule has 0 aliphatic rings. The minimum absolute atomic E-state index is 0.543. The van der Waals surface area contributed by atoms with Gasteiger partial charge in [0.1, 0.15) is 6.61 Å². The molecule has 1 aromatic heterocycles. The number of nitrogens with two attached hydrogens (primary N) is 1. The van der Waals surface area contributed by atoms with E-state index in [2.05, 4.69) is 13.0 Å². The molecule has 0 bridgehead atoms. The highest BCUT2D eigenvalue weighted by Crippen LogP contribution is 2.29. The lowest BCUT2D eigenvalue weighted by molar-refractivity contribution is 0.284. The molecule has 1 aromatic carbocycles. The van der Waals surface area contributed by atoms with Gasteiger partial charge in [-0.15, -0.1) is 11.3 Å². The lowest BCUT2D eigenvalue weighted by atomic mass is 10.2. The van der Waals surface area contributed by atoms with Gasteiger partial charge in [-0.3, -0.25) is 0 Å². The first-order valence-corrected chi connectivity index (χ1v) is 7.01. The molecular formula is C15H19NO2S. The summed E-state index contributed by atoms with van der Waals surface area (Å²) in [6, 6.07) is 8.05. The molecule has 19 heavy (non-hydrogen) atoms. The molecule has 0 saturated carbocycles. The number of thiophene rings is 1. The maximum atomic E-state index is 5.85. The number of hydrogen-bond acceptors (Lipinski definition) is 4. The minimum atomic E-state index is 0.543. The van der Waals surface area contributed by atoms with Crippen molar-refractivity contribution in [2.45, 2.75) is 27.0 Å². The average Bonchev–Trinajstić information content (AvgIpc) is 2.78. The fourth-order valence-corrected chi connectivity index (χ4v) is 2.81. The Morgan fingerprint density at radius 1 is 1.16 bits per heavy atom. The Morgan fingerprint density at radius 2 is 1.95 bits per heavy atom. The summed E-state index contributed by atoms with van der Waals surface area (Å²) in [5.74, 6) is 1.54. The molecule has 0 radical (unpaired) electrons. The largest absolute Gasteiger partial charge is 0.493 e. The zero-order valence-corrected chi connectivity index (χ0v) is 12.3. The van der Waals surface area contributed by atoms with E-state index in [1.807, 2.05) is 25.1 Å². The first kappa shape index (κ1) is 13.9. The number of benzene rings is 1. The Morgan fingerprint density at radius 3 is 2.58 bits per heavy atom. The van der Waals surface area contributed by atoms with E-state index in [4.69, 9.17) is 15.2 Å². The summed E-state index contributed by atoms with van der Waals surface area (Å²) in [6.45, 7) is 5.25. The molecule has 0 amide bonds. The molecule has 1 heterocycles. The molecule has 0 unspecified atom stereocenters. The van der Waals surface area contributed by atoms with Crippen LogP contribution in [0.25, 0.3) is 0 Å². The normalized spacial score (nSPS) is 10.5. The van der Waals surface area contributed by atoms with Gasteiger partial charge in [-0.25, -0.2) is 0 Å². The van der Waals surface area contributed by atoms with Crippen molar-refractivity contribution in [2.75, 3.05) is 7.11 Å². The monoisotopic (exact) mass is 277 g/mol. The van der Waals surface area contributed by atoms with Crippen LogP contribution in [0.5, 0.6) is 11.5 Å². The fourth-order valence-electron chi connectivity index (χ4n) is 1.88. The zero-order valence-electron chi connectivity index (χ0n) is 11.5. The quantitative estimate of drug-likeness (QED) is 0.911. The second-order valence-electron chi connectivity index (χ2n) is 4.44.